The molecule has 2 N–H and O–H groups in total. The molecule has 2 aliphatic rings. The van der Waals surface area contributed by atoms with E-state index in [0.717, 1.165) is 35.0 Å². The number of alkyl halides is 1. The van der Waals surface area contributed by atoms with Crippen LogP contribution < -0.4 is 4.90 Å². The molecule has 0 spiro atoms. The number of piperidine rings is 1. The molecule has 2 aliphatic heterocycles. The van der Waals surface area contributed by atoms with Gasteiger partial charge < -0.3 is 20.0 Å². The van der Waals surface area contributed by atoms with E-state index in [1.54, 1.807) is 10.9 Å². The first kappa shape index (κ1) is 21.2. The van der Waals surface area contributed by atoms with E-state index in [0.29, 0.717) is 37.1 Å². The summed E-state index contributed by atoms with van der Waals surface area (Å²) in [5.74, 6) is 1.68. The van der Waals surface area contributed by atoms with Gasteiger partial charge in [-0.1, -0.05) is 0 Å². The maximum absolute atomic E-state index is 14.9. The lowest BCUT2D eigenvalue weighted by molar-refractivity contribution is 0.0572. The maximum Gasteiger partial charge on any atom is 0.159 e. The molecule has 32 heavy (non-hydrogen) atoms. The van der Waals surface area contributed by atoms with Crippen molar-refractivity contribution in [3.63, 3.8) is 0 Å². The highest BCUT2D eigenvalue weighted by Crippen LogP contribution is 2.35. The minimum absolute atomic E-state index is 0.130. The molecule has 0 bridgehead atoms. The standard InChI is InChI=1S/C23H29FN6O2/c1-13-6-15-9-25-30(19(15)7-17(13)16-4-5-28(3)10-18(16)24)23-8-22(26-14(2)27-23)29-11-20(31)21(32)12-29/h6-9,16,18,20-21,31-32H,4-5,10-12H2,1-3H3/t16-,18-,20?,21?/m1/s1. The molecule has 4 heterocycles. The Labute approximate surface area is 186 Å². The van der Waals surface area contributed by atoms with Gasteiger partial charge >= 0.3 is 0 Å². The van der Waals surface area contributed by atoms with Crippen LogP contribution in [0.1, 0.15) is 29.3 Å². The van der Waals surface area contributed by atoms with Gasteiger partial charge in [0.05, 0.1) is 23.9 Å². The maximum atomic E-state index is 14.9. The van der Waals surface area contributed by atoms with Gasteiger partial charge in [0, 0.05) is 37.0 Å². The Bertz CT molecular complexity index is 1140. The molecule has 2 unspecified atom stereocenters. The van der Waals surface area contributed by atoms with E-state index in [4.69, 9.17) is 0 Å². The molecule has 5 rings (SSSR count). The third-order valence-corrected chi connectivity index (χ3v) is 6.71. The van der Waals surface area contributed by atoms with Gasteiger partial charge in [-0.3, -0.25) is 0 Å². The zero-order valence-electron chi connectivity index (χ0n) is 18.6. The van der Waals surface area contributed by atoms with Crippen LogP contribution in [0.4, 0.5) is 10.2 Å². The van der Waals surface area contributed by atoms with E-state index in [1.807, 2.05) is 36.8 Å². The highest BCUT2D eigenvalue weighted by Gasteiger charge is 2.32. The number of halogens is 1. The summed E-state index contributed by atoms with van der Waals surface area (Å²) in [5.41, 5.74) is 2.98. The number of hydrogen-bond donors (Lipinski definition) is 2. The Kier molecular flexibility index (Phi) is 5.35. The first-order valence-corrected chi connectivity index (χ1v) is 11.1. The number of aliphatic hydroxyl groups is 2. The van der Waals surface area contributed by atoms with Gasteiger partial charge in [0.2, 0.25) is 0 Å². The number of hydrogen-bond acceptors (Lipinski definition) is 7. The lowest BCUT2D eigenvalue weighted by Crippen LogP contribution is -2.38. The number of benzene rings is 1. The molecule has 0 radical (unpaired) electrons. The first-order chi connectivity index (χ1) is 15.3. The SMILES string of the molecule is Cc1nc(N2CC(O)C(O)C2)cc(-n2ncc3cc(C)c([C@H]4CCN(C)C[C@H]4F)cc32)n1. The Balaban J connectivity index is 1.55. The summed E-state index contributed by atoms with van der Waals surface area (Å²) in [4.78, 5) is 13.0. The van der Waals surface area contributed by atoms with Crippen molar-refractivity contribution < 1.29 is 14.6 Å². The summed E-state index contributed by atoms with van der Waals surface area (Å²) < 4.78 is 16.7. The van der Waals surface area contributed by atoms with Gasteiger partial charge in [-0.05, 0) is 57.1 Å². The molecule has 2 fully saturated rings. The third kappa shape index (κ3) is 3.74. The van der Waals surface area contributed by atoms with Gasteiger partial charge in [0.25, 0.3) is 0 Å². The van der Waals surface area contributed by atoms with Crippen molar-refractivity contribution in [3.8, 4) is 5.82 Å². The fraction of sp³-hybridized carbons (Fsp3) is 0.522. The van der Waals surface area contributed by atoms with E-state index >= 15 is 0 Å². The van der Waals surface area contributed by atoms with Crippen LogP contribution in [0.15, 0.2) is 24.4 Å². The zero-order valence-corrected chi connectivity index (χ0v) is 18.6. The number of aliphatic hydroxyl groups excluding tert-OH is 2. The second-order valence-electron chi connectivity index (χ2n) is 9.17. The Morgan fingerprint density at radius 1 is 1.00 bits per heavy atom. The van der Waals surface area contributed by atoms with E-state index in [2.05, 4.69) is 27.2 Å². The van der Waals surface area contributed by atoms with Gasteiger partial charge in [0.1, 0.15) is 17.8 Å². The number of fused-ring (bicyclic) bond motifs is 1. The molecule has 0 aliphatic carbocycles. The second kappa shape index (κ2) is 8.06. The summed E-state index contributed by atoms with van der Waals surface area (Å²) in [6.07, 6.45) is 0.0889. The van der Waals surface area contributed by atoms with E-state index in [-0.39, 0.29) is 5.92 Å². The molecule has 2 saturated heterocycles. The zero-order chi connectivity index (χ0) is 22.6. The average Bonchev–Trinajstić information content (AvgIpc) is 3.30. The van der Waals surface area contributed by atoms with Crippen LogP contribution >= 0.6 is 0 Å². The highest BCUT2D eigenvalue weighted by molar-refractivity contribution is 5.82. The minimum Gasteiger partial charge on any atom is -0.389 e. The summed E-state index contributed by atoms with van der Waals surface area (Å²) >= 11 is 0. The molecule has 3 aromatic rings. The Morgan fingerprint density at radius 3 is 2.44 bits per heavy atom. The van der Waals surface area contributed by atoms with Crippen molar-refractivity contribution in [2.24, 2.45) is 0 Å². The van der Waals surface area contributed by atoms with Crippen LogP contribution in [-0.4, -0.2) is 86.5 Å². The van der Waals surface area contributed by atoms with E-state index in [9.17, 15) is 14.6 Å². The summed E-state index contributed by atoms with van der Waals surface area (Å²) in [5, 5.41) is 25.4. The van der Waals surface area contributed by atoms with Crippen molar-refractivity contribution in [1.82, 2.24) is 24.6 Å². The summed E-state index contributed by atoms with van der Waals surface area (Å²) in [7, 11) is 1.96. The number of β-amino-alcohol motifs (C(OH)–C–C–N with tert-alkyl or cyclic N) is 2. The number of anilines is 1. The molecule has 0 saturated carbocycles. The number of likely N-dealkylation sites (tertiary alicyclic amines) is 1. The topological polar surface area (TPSA) is 90.5 Å². The predicted molar refractivity (Wildman–Crippen MR) is 120 cm³/mol. The van der Waals surface area contributed by atoms with Crippen LogP contribution in [-0.2, 0) is 0 Å². The van der Waals surface area contributed by atoms with Crippen LogP contribution in [0.25, 0.3) is 16.7 Å². The molecule has 2 aromatic heterocycles. The number of aryl methyl sites for hydroxylation is 2. The fourth-order valence-corrected chi connectivity index (χ4v) is 4.96. The lowest BCUT2D eigenvalue weighted by atomic mass is 9.85. The molecule has 4 atom stereocenters. The average molecular weight is 441 g/mol. The largest absolute Gasteiger partial charge is 0.389 e. The fourth-order valence-electron chi connectivity index (χ4n) is 4.96. The van der Waals surface area contributed by atoms with E-state index in [1.165, 1.54) is 0 Å². The van der Waals surface area contributed by atoms with Gasteiger partial charge in [-0.2, -0.15) is 5.10 Å². The molecule has 8 nitrogen and oxygen atoms in total. The first-order valence-electron chi connectivity index (χ1n) is 11.1. The quantitative estimate of drug-likeness (QED) is 0.641. The van der Waals surface area contributed by atoms with Crippen molar-refractivity contribution in [2.75, 3.05) is 38.1 Å². The predicted octanol–water partition coefficient (Wildman–Crippen LogP) is 1.73. The molecule has 170 valence electrons. The second-order valence-corrected chi connectivity index (χ2v) is 9.17. The van der Waals surface area contributed by atoms with Crippen LogP contribution in [0.5, 0.6) is 0 Å². The van der Waals surface area contributed by atoms with E-state index < -0.39 is 18.4 Å². The molecular weight excluding hydrogens is 411 g/mol. The minimum atomic E-state index is -0.901. The summed E-state index contributed by atoms with van der Waals surface area (Å²) in [6, 6.07) is 5.94. The number of nitrogens with zero attached hydrogens (tertiary/aromatic N) is 6. The van der Waals surface area contributed by atoms with Gasteiger partial charge in [-0.15, -0.1) is 0 Å². The van der Waals surface area contributed by atoms with Gasteiger partial charge in [-0.25, -0.2) is 19.0 Å². The van der Waals surface area contributed by atoms with Gasteiger partial charge in [0.15, 0.2) is 5.82 Å². The molecule has 1 aromatic carbocycles. The smallest absolute Gasteiger partial charge is 0.159 e. The van der Waals surface area contributed by atoms with Crippen LogP contribution in [0.3, 0.4) is 0 Å². The van der Waals surface area contributed by atoms with Crippen molar-refractivity contribution in [2.45, 2.75) is 44.6 Å². The lowest BCUT2D eigenvalue weighted by Gasteiger charge is -2.33. The monoisotopic (exact) mass is 440 g/mol. The van der Waals surface area contributed by atoms with Crippen molar-refractivity contribution in [3.05, 3.63) is 41.3 Å². The number of aromatic nitrogens is 4. The normalized spacial score (nSPS) is 26.9. The van der Waals surface area contributed by atoms with Crippen molar-refractivity contribution >= 4 is 16.7 Å². The summed E-state index contributed by atoms with van der Waals surface area (Å²) in [6.45, 7) is 5.80. The number of rotatable bonds is 3. The molecule has 9 heteroatoms. The third-order valence-electron chi connectivity index (χ3n) is 6.71. The highest BCUT2D eigenvalue weighted by atomic mass is 19.1. The molecular formula is C23H29FN6O2. The molecule has 0 amide bonds. The van der Waals surface area contributed by atoms with Crippen LogP contribution in [0, 0.1) is 13.8 Å². The van der Waals surface area contributed by atoms with Crippen molar-refractivity contribution in [1.29, 1.82) is 0 Å². The van der Waals surface area contributed by atoms with Crippen LogP contribution in [0.2, 0.25) is 0 Å². The Morgan fingerprint density at radius 2 is 1.72 bits per heavy atom. The Hall–Kier alpha value is -2.62.